The molecule has 4 unspecified atom stereocenters. The highest BCUT2D eigenvalue weighted by Gasteiger charge is 2.19. The highest BCUT2D eigenvalue weighted by molar-refractivity contribution is 5.71. The number of hydrogen-bond acceptors (Lipinski definition) is 4. The minimum absolute atomic E-state index is 0.0934. The van der Waals surface area contributed by atoms with Crippen LogP contribution in [0.3, 0.4) is 0 Å². The summed E-state index contributed by atoms with van der Waals surface area (Å²) in [6, 6.07) is 0.475. The van der Waals surface area contributed by atoms with E-state index in [4.69, 9.17) is 5.11 Å². The van der Waals surface area contributed by atoms with Gasteiger partial charge in [-0.1, -0.05) is 13.8 Å². The molecule has 0 fully saturated rings. The summed E-state index contributed by atoms with van der Waals surface area (Å²) < 4.78 is 4.68. The maximum Gasteiger partial charge on any atom is 0.308 e. The van der Waals surface area contributed by atoms with Gasteiger partial charge in [-0.3, -0.25) is 4.79 Å². The molecule has 0 saturated heterocycles. The summed E-state index contributed by atoms with van der Waals surface area (Å²) in [4.78, 5) is 11.2. The molecule has 2 N–H and O–H groups in total. The molecule has 0 heterocycles. The van der Waals surface area contributed by atoms with Crippen LogP contribution in [0.2, 0.25) is 0 Å². The Labute approximate surface area is 98.4 Å². The molecule has 0 aromatic heterocycles. The van der Waals surface area contributed by atoms with Crippen molar-refractivity contribution in [3.05, 3.63) is 0 Å². The third kappa shape index (κ3) is 5.47. The number of carbonyl (C=O) groups is 1. The van der Waals surface area contributed by atoms with Crippen LogP contribution < -0.4 is 5.32 Å². The molecule has 4 atom stereocenters. The first kappa shape index (κ1) is 15.4. The maximum absolute atomic E-state index is 11.2. The molecule has 0 rings (SSSR count). The van der Waals surface area contributed by atoms with Gasteiger partial charge in [0.1, 0.15) is 0 Å². The zero-order valence-corrected chi connectivity index (χ0v) is 11.0. The molecular formula is C12H25NO3. The Hall–Kier alpha value is -0.610. The van der Waals surface area contributed by atoms with E-state index in [-0.39, 0.29) is 36.5 Å². The number of ether oxygens (including phenoxy) is 1. The predicted octanol–water partition coefficient (Wildman–Crippen LogP) is 1.18. The van der Waals surface area contributed by atoms with Gasteiger partial charge in [0.05, 0.1) is 13.0 Å². The van der Waals surface area contributed by atoms with Gasteiger partial charge < -0.3 is 15.2 Å². The first-order valence-corrected chi connectivity index (χ1v) is 5.87. The van der Waals surface area contributed by atoms with Crippen LogP contribution in [0.5, 0.6) is 0 Å². The SMILES string of the molecule is COC(=O)C(C)CC(C)NC(C)C(C)CO. The average Bonchev–Trinajstić information content (AvgIpc) is 2.26. The van der Waals surface area contributed by atoms with Crippen LogP contribution >= 0.6 is 0 Å². The second-order valence-corrected chi connectivity index (χ2v) is 4.68. The number of methoxy groups -OCH3 is 1. The minimum atomic E-state index is -0.170. The Morgan fingerprint density at radius 1 is 1.31 bits per heavy atom. The summed E-state index contributed by atoms with van der Waals surface area (Å²) in [6.45, 7) is 8.12. The molecule has 0 aromatic carbocycles. The fourth-order valence-electron chi connectivity index (χ4n) is 1.67. The van der Waals surface area contributed by atoms with Crippen molar-refractivity contribution < 1.29 is 14.6 Å². The second-order valence-electron chi connectivity index (χ2n) is 4.68. The highest BCUT2D eigenvalue weighted by atomic mass is 16.5. The van der Waals surface area contributed by atoms with Crippen LogP contribution in [0.15, 0.2) is 0 Å². The van der Waals surface area contributed by atoms with Crippen LogP contribution in [-0.2, 0) is 9.53 Å². The number of nitrogens with one attached hydrogen (secondary N) is 1. The van der Waals surface area contributed by atoms with Crippen molar-refractivity contribution in [3.8, 4) is 0 Å². The van der Waals surface area contributed by atoms with E-state index in [1.807, 2.05) is 27.7 Å². The summed E-state index contributed by atoms with van der Waals surface area (Å²) in [5.74, 6) is -0.0449. The summed E-state index contributed by atoms with van der Waals surface area (Å²) in [7, 11) is 1.41. The Morgan fingerprint density at radius 2 is 1.88 bits per heavy atom. The second kappa shape index (κ2) is 7.63. The number of hydrogen-bond donors (Lipinski definition) is 2. The van der Waals surface area contributed by atoms with Crippen LogP contribution in [0, 0.1) is 11.8 Å². The summed E-state index contributed by atoms with van der Waals surface area (Å²) in [5, 5.41) is 12.4. The molecule has 0 spiro atoms. The Morgan fingerprint density at radius 3 is 2.31 bits per heavy atom. The molecule has 0 aliphatic heterocycles. The van der Waals surface area contributed by atoms with E-state index >= 15 is 0 Å². The summed E-state index contributed by atoms with van der Waals surface area (Å²) in [5.41, 5.74) is 0. The van der Waals surface area contributed by atoms with E-state index in [0.29, 0.717) is 0 Å². The van der Waals surface area contributed by atoms with Crippen molar-refractivity contribution in [2.24, 2.45) is 11.8 Å². The monoisotopic (exact) mass is 231 g/mol. The Balaban J connectivity index is 3.98. The van der Waals surface area contributed by atoms with E-state index in [1.54, 1.807) is 0 Å². The molecule has 0 radical (unpaired) electrons. The lowest BCUT2D eigenvalue weighted by Crippen LogP contribution is -2.41. The van der Waals surface area contributed by atoms with E-state index in [9.17, 15) is 4.79 Å². The fraction of sp³-hybridized carbons (Fsp3) is 0.917. The van der Waals surface area contributed by atoms with E-state index in [2.05, 4.69) is 10.1 Å². The van der Waals surface area contributed by atoms with E-state index < -0.39 is 0 Å². The average molecular weight is 231 g/mol. The van der Waals surface area contributed by atoms with Gasteiger partial charge >= 0.3 is 5.97 Å². The van der Waals surface area contributed by atoms with Gasteiger partial charge in [-0.05, 0) is 26.2 Å². The molecule has 96 valence electrons. The van der Waals surface area contributed by atoms with Gasteiger partial charge in [0, 0.05) is 18.7 Å². The first-order chi connectivity index (χ1) is 7.42. The number of rotatable bonds is 7. The van der Waals surface area contributed by atoms with Gasteiger partial charge in [-0.2, -0.15) is 0 Å². The maximum atomic E-state index is 11.2. The van der Waals surface area contributed by atoms with Crippen molar-refractivity contribution in [2.45, 2.75) is 46.2 Å². The van der Waals surface area contributed by atoms with Crippen molar-refractivity contribution in [2.75, 3.05) is 13.7 Å². The molecule has 0 bridgehead atoms. The molecule has 4 heteroatoms. The number of esters is 1. The molecule has 0 aliphatic rings. The van der Waals surface area contributed by atoms with Gasteiger partial charge in [0.2, 0.25) is 0 Å². The van der Waals surface area contributed by atoms with Crippen molar-refractivity contribution in [1.82, 2.24) is 5.32 Å². The third-order valence-corrected chi connectivity index (χ3v) is 3.00. The molecule has 0 aromatic rings. The lowest BCUT2D eigenvalue weighted by atomic mass is 9.99. The normalized spacial score (nSPS) is 18.6. The lowest BCUT2D eigenvalue weighted by Gasteiger charge is -2.25. The van der Waals surface area contributed by atoms with Gasteiger partial charge in [0.15, 0.2) is 0 Å². The highest BCUT2D eigenvalue weighted by Crippen LogP contribution is 2.10. The standard InChI is InChI=1S/C12H25NO3/c1-8(12(15)16-5)6-10(3)13-11(4)9(2)7-14/h8-11,13-14H,6-7H2,1-5H3. The molecule has 4 nitrogen and oxygen atoms in total. The van der Waals surface area contributed by atoms with Crippen molar-refractivity contribution >= 4 is 5.97 Å². The quantitative estimate of drug-likeness (QED) is 0.646. The third-order valence-electron chi connectivity index (χ3n) is 3.00. The Kier molecular flexibility index (Phi) is 7.34. The molecule has 16 heavy (non-hydrogen) atoms. The summed E-state index contributed by atoms with van der Waals surface area (Å²) >= 11 is 0. The zero-order valence-electron chi connectivity index (χ0n) is 11.0. The van der Waals surface area contributed by atoms with E-state index in [0.717, 1.165) is 6.42 Å². The first-order valence-electron chi connectivity index (χ1n) is 5.87. The van der Waals surface area contributed by atoms with Crippen LogP contribution in [0.25, 0.3) is 0 Å². The number of aliphatic hydroxyl groups excluding tert-OH is 1. The van der Waals surface area contributed by atoms with Crippen LogP contribution in [-0.4, -0.2) is 36.9 Å². The Bertz CT molecular complexity index is 208. The van der Waals surface area contributed by atoms with Gasteiger partial charge in [-0.25, -0.2) is 0 Å². The zero-order chi connectivity index (χ0) is 12.7. The molecule has 0 amide bonds. The van der Waals surface area contributed by atoms with Crippen LogP contribution in [0.4, 0.5) is 0 Å². The number of carbonyl (C=O) groups excluding carboxylic acids is 1. The fourth-order valence-corrected chi connectivity index (χ4v) is 1.67. The smallest absolute Gasteiger partial charge is 0.308 e. The van der Waals surface area contributed by atoms with Crippen molar-refractivity contribution in [1.29, 1.82) is 0 Å². The van der Waals surface area contributed by atoms with Gasteiger partial charge in [-0.15, -0.1) is 0 Å². The molecule has 0 aliphatic carbocycles. The van der Waals surface area contributed by atoms with Crippen LogP contribution in [0.1, 0.15) is 34.1 Å². The summed E-state index contributed by atoms with van der Waals surface area (Å²) in [6.07, 6.45) is 0.745. The minimum Gasteiger partial charge on any atom is -0.469 e. The van der Waals surface area contributed by atoms with Gasteiger partial charge in [0.25, 0.3) is 0 Å². The predicted molar refractivity (Wildman–Crippen MR) is 64.1 cm³/mol. The molecular weight excluding hydrogens is 206 g/mol. The largest absolute Gasteiger partial charge is 0.469 e. The van der Waals surface area contributed by atoms with Crippen molar-refractivity contribution in [3.63, 3.8) is 0 Å². The molecule has 0 saturated carbocycles. The number of aliphatic hydroxyl groups is 1. The lowest BCUT2D eigenvalue weighted by molar-refractivity contribution is -0.145. The topological polar surface area (TPSA) is 58.6 Å². The van der Waals surface area contributed by atoms with E-state index in [1.165, 1.54) is 7.11 Å².